The second-order valence-electron chi connectivity index (χ2n) is 7.94. The first-order chi connectivity index (χ1) is 13.7. The lowest BCUT2D eigenvalue weighted by Gasteiger charge is -2.17. The zero-order valence-corrected chi connectivity index (χ0v) is 16.1. The van der Waals surface area contributed by atoms with E-state index in [4.69, 9.17) is 0 Å². The average molecular weight is 356 g/mol. The smallest absolute Gasteiger partial charge is 0.00139 e. The maximum absolute atomic E-state index is 2.34. The maximum atomic E-state index is 2.34. The van der Waals surface area contributed by atoms with Crippen LogP contribution in [0.15, 0.2) is 84.9 Å². The quantitative estimate of drug-likeness (QED) is 0.241. The Morgan fingerprint density at radius 1 is 0.357 bits per heavy atom. The molecule has 0 atom stereocenters. The van der Waals surface area contributed by atoms with E-state index in [-0.39, 0.29) is 0 Å². The third-order valence-electron chi connectivity index (χ3n) is 6.11. The summed E-state index contributed by atoms with van der Waals surface area (Å²) in [4.78, 5) is 0. The van der Waals surface area contributed by atoms with Gasteiger partial charge in [-0.2, -0.15) is 0 Å². The van der Waals surface area contributed by atoms with Crippen LogP contribution in [0.1, 0.15) is 11.1 Å². The van der Waals surface area contributed by atoms with Crippen molar-refractivity contribution in [2.45, 2.75) is 13.8 Å². The van der Waals surface area contributed by atoms with Gasteiger partial charge < -0.3 is 0 Å². The molecule has 6 rings (SSSR count). The summed E-state index contributed by atoms with van der Waals surface area (Å²) in [5.74, 6) is 0. The molecule has 28 heavy (non-hydrogen) atoms. The fraction of sp³-hybridized carbons (Fsp3) is 0.0714. The molecule has 0 unspecified atom stereocenters. The molecule has 0 aliphatic rings. The minimum atomic E-state index is 1.30. The lowest BCUT2D eigenvalue weighted by molar-refractivity contribution is 1.51. The molecule has 0 aromatic heterocycles. The molecule has 0 heterocycles. The maximum Gasteiger partial charge on any atom is -0.00139 e. The van der Waals surface area contributed by atoms with Crippen LogP contribution in [0.2, 0.25) is 0 Å². The van der Waals surface area contributed by atoms with Crippen LogP contribution in [-0.2, 0) is 0 Å². The van der Waals surface area contributed by atoms with Crippen molar-refractivity contribution in [2.24, 2.45) is 0 Å². The highest BCUT2D eigenvalue weighted by Gasteiger charge is 2.15. The summed E-state index contributed by atoms with van der Waals surface area (Å²) < 4.78 is 0. The Labute approximate surface area is 164 Å². The van der Waals surface area contributed by atoms with Crippen molar-refractivity contribution in [2.75, 3.05) is 0 Å². The molecule has 0 spiro atoms. The lowest BCUT2D eigenvalue weighted by atomic mass is 9.86. The van der Waals surface area contributed by atoms with Crippen LogP contribution in [0.25, 0.3) is 53.9 Å². The molecule has 0 bridgehead atoms. The van der Waals surface area contributed by atoms with Crippen molar-refractivity contribution in [3.8, 4) is 0 Å². The van der Waals surface area contributed by atoms with Crippen LogP contribution in [0, 0.1) is 13.8 Å². The Balaban J connectivity index is 2.10. The predicted octanol–water partition coefficient (Wildman–Crippen LogP) is 8.07. The summed E-state index contributed by atoms with van der Waals surface area (Å²) in [6, 6.07) is 31.5. The van der Waals surface area contributed by atoms with Gasteiger partial charge in [0.2, 0.25) is 0 Å². The second kappa shape index (κ2) is 5.56. The lowest BCUT2D eigenvalue weighted by Crippen LogP contribution is -1.89. The van der Waals surface area contributed by atoms with Gasteiger partial charge in [-0.1, -0.05) is 96.1 Å². The van der Waals surface area contributed by atoms with Gasteiger partial charge in [-0.3, -0.25) is 0 Å². The van der Waals surface area contributed by atoms with Crippen LogP contribution in [0.4, 0.5) is 0 Å². The summed E-state index contributed by atoms with van der Waals surface area (Å²) in [7, 11) is 0. The molecule has 0 aliphatic carbocycles. The number of aryl methyl sites for hydroxylation is 2. The SMILES string of the molecule is Cc1ccc2c(c1)c1ccccc1c1c3ccc(C)cc3c3ccccc3c21. The van der Waals surface area contributed by atoms with Crippen LogP contribution in [-0.4, -0.2) is 0 Å². The summed E-state index contributed by atoms with van der Waals surface area (Å²) in [6.07, 6.45) is 0. The predicted molar refractivity (Wildman–Crippen MR) is 123 cm³/mol. The standard InChI is InChI=1S/C28H20/c1-17-11-13-23-25(15-17)19-7-3-5-9-21(19)28-24-14-12-18(2)16-26(24)20-8-4-6-10-22(20)27(23)28/h3-16H,1-2H3. The van der Waals surface area contributed by atoms with Crippen LogP contribution >= 0.6 is 0 Å². The van der Waals surface area contributed by atoms with E-state index in [1.54, 1.807) is 0 Å². The highest BCUT2D eigenvalue weighted by molar-refractivity contribution is 6.39. The van der Waals surface area contributed by atoms with Gasteiger partial charge in [-0.25, -0.2) is 0 Å². The van der Waals surface area contributed by atoms with Crippen molar-refractivity contribution < 1.29 is 0 Å². The molecule has 0 radical (unpaired) electrons. The largest absolute Gasteiger partial charge is 0.0616 e. The van der Waals surface area contributed by atoms with Crippen molar-refractivity contribution in [3.63, 3.8) is 0 Å². The Kier molecular flexibility index (Phi) is 3.11. The fourth-order valence-electron chi connectivity index (χ4n) is 4.90. The molecule has 0 heteroatoms. The van der Waals surface area contributed by atoms with Crippen LogP contribution in [0.5, 0.6) is 0 Å². The van der Waals surface area contributed by atoms with E-state index in [1.165, 1.54) is 65.0 Å². The van der Waals surface area contributed by atoms with Crippen LogP contribution < -0.4 is 0 Å². The second-order valence-corrected chi connectivity index (χ2v) is 7.94. The molecule has 0 amide bonds. The minimum Gasteiger partial charge on any atom is -0.0616 e. The van der Waals surface area contributed by atoms with Crippen LogP contribution in [0.3, 0.4) is 0 Å². The normalized spacial score (nSPS) is 11.9. The first-order valence-corrected chi connectivity index (χ1v) is 9.88. The van der Waals surface area contributed by atoms with E-state index in [0.29, 0.717) is 0 Å². The number of rotatable bonds is 0. The Bertz CT molecular complexity index is 1450. The molecule has 0 saturated heterocycles. The molecule has 132 valence electrons. The van der Waals surface area contributed by atoms with Gasteiger partial charge in [0.1, 0.15) is 0 Å². The molecule has 0 aliphatic heterocycles. The minimum absolute atomic E-state index is 1.30. The van der Waals surface area contributed by atoms with Gasteiger partial charge in [0.15, 0.2) is 0 Å². The number of hydrogen-bond donors (Lipinski definition) is 0. The molecule has 0 saturated carbocycles. The Hall–Kier alpha value is -3.38. The summed E-state index contributed by atoms with van der Waals surface area (Å²) in [5, 5.41) is 13.5. The molecule has 0 nitrogen and oxygen atoms in total. The highest BCUT2D eigenvalue weighted by Crippen LogP contribution is 2.43. The molecular formula is C28H20. The van der Waals surface area contributed by atoms with E-state index >= 15 is 0 Å². The van der Waals surface area contributed by atoms with Gasteiger partial charge in [0.25, 0.3) is 0 Å². The number of fused-ring (bicyclic) bond motifs is 11. The third kappa shape index (κ3) is 2.00. The third-order valence-corrected chi connectivity index (χ3v) is 6.11. The van der Waals surface area contributed by atoms with E-state index in [2.05, 4.69) is 98.8 Å². The molecule has 6 aromatic carbocycles. The van der Waals surface area contributed by atoms with E-state index in [9.17, 15) is 0 Å². The van der Waals surface area contributed by atoms with Crippen molar-refractivity contribution in [1.29, 1.82) is 0 Å². The summed E-state index contributed by atoms with van der Waals surface area (Å²) >= 11 is 0. The van der Waals surface area contributed by atoms with Gasteiger partial charge in [0, 0.05) is 0 Å². The first kappa shape index (κ1) is 15.7. The van der Waals surface area contributed by atoms with E-state index in [0.717, 1.165) is 0 Å². The zero-order chi connectivity index (χ0) is 18.8. The highest BCUT2D eigenvalue weighted by atomic mass is 14.2. The molecular weight excluding hydrogens is 336 g/mol. The average Bonchev–Trinajstić information content (AvgIpc) is 2.73. The summed E-state index contributed by atoms with van der Waals surface area (Å²) in [5.41, 5.74) is 2.61. The summed E-state index contributed by atoms with van der Waals surface area (Å²) in [6.45, 7) is 4.36. The number of benzene rings is 6. The number of hydrogen-bond acceptors (Lipinski definition) is 0. The van der Waals surface area contributed by atoms with E-state index in [1.807, 2.05) is 0 Å². The molecule has 0 N–H and O–H groups in total. The van der Waals surface area contributed by atoms with Crippen molar-refractivity contribution in [1.82, 2.24) is 0 Å². The topological polar surface area (TPSA) is 0 Å². The fourth-order valence-corrected chi connectivity index (χ4v) is 4.90. The monoisotopic (exact) mass is 356 g/mol. The van der Waals surface area contributed by atoms with Crippen molar-refractivity contribution in [3.05, 3.63) is 96.1 Å². The van der Waals surface area contributed by atoms with Gasteiger partial charge in [-0.05, 0) is 67.7 Å². The Morgan fingerprint density at radius 3 is 1.14 bits per heavy atom. The van der Waals surface area contributed by atoms with Gasteiger partial charge in [-0.15, -0.1) is 0 Å². The van der Waals surface area contributed by atoms with Crippen molar-refractivity contribution >= 4 is 53.9 Å². The van der Waals surface area contributed by atoms with Gasteiger partial charge >= 0.3 is 0 Å². The first-order valence-electron chi connectivity index (χ1n) is 9.88. The Morgan fingerprint density at radius 2 is 0.714 bits per heavy atom. The molecule has 6 aromatic rings. The zero-order valence-electron chi connectivity index (χ0n) is 16.1. The van der Waals surface area contributed by atoms with Gasteiger partial charge in [0.05, 0.1) is 0 Å². The van der Waals surface area contributed by atoms with E-state index < -0.39 is 0 Å². The molecule has 0 fully saturated rings.